The molecular weight excluding hydrogens is 672 g/mol. The molecule has 0 unspecified atom stereocenters. The predicted molar refractivity (Wildman–Crippen MR) is 187 cm³/mol. The van der Waals surface area contributed by atoms with Crippen LogP contribution in [0.3, 0.4) is 0 Å². The summed E-state index contributed by atoms with van der Waals surface area (Å²) in [5.74, 6) is 0.196. The van der Waals surface area contributed by atoms with E-state index in [0.717, 1.165) is 56.9 Å². The standard InChI is InChI=1S/C40H64O12/c1-19(2)21-10-15-40(35(46)47)17-16-37(5)22(27(21)40)8-9-24-36(4)13-12-26(39(7,48)25(36)11-14-38(24,37)6)51-34-32(29(43)23(41)18-49-34)52-33-31(45)30(44)28(42)20(3)50-33/h20-34,41-45,48H,1,8-18H2,2-7H3,(H,46,47)/t20-,21-,22+,23-,24+,25+,26-,27+,28-,29-,30+,31+,32+,33-,34-,36+,37+,38+,39-,40-/m0/s1. The molecule has 0 amide bonds. The molecule has 0 radical (unpaired) electrons. The Morgan fingerprint density at radius 2 is 1.48 bits per heavy atom. The van der Waals surface area contributed by atoms with Crippen LogP contribution < -0.4 is 0 Å². The van der Waals surface area contributed by atoms with Crippen molar-refractivity contribution < 1.29 is 59.5 Å². The summed E-state index contributed by atoms with van der Waals surface area (Å²) in [6, 6.07) is 0. The quantitative estimate of drug-likeness (QED) is 0.156. The maximum atomic E-state index is 13.0. The second kappa shape index (κ2) is 13.2. The highest BCUT2D eigenvalue weighted by molar-refractivity contribution is 5.76. The monoisotopic (exact) mass is 736 g/mol. The van der Waals surface area contributed by atoms with E-state index in [-0.39, 0.29) is 40.6 Å². The van der Waals surface area contributed by atoms with Crippen LogP contribution in [0.2, 0.25) is 0 Å². The molecule has 0 aromatic rings. The number of allylic oxidation sites excluding steroid dienone is 1. The van der Waals surface area contributed by atoms with E-state index in [1.807, 2.05) is 6.92 Å². The molecule has 5 saturated carbocycles. The molecule has 0 spiro atoms. The van der Waals surface area contributed by atoms with Gasteiger partial charge in [-0.25, -0.2) is 0 Å². The van der Waals surface area contributed by atoms with Gasteiger partial charge in [0.15, 0.2) is 12.6 Å². The van der Waals surface area contributed by atoms with E-state index in [9.17, 15) is 40.5 Å². The number of carbonyl (C=O) groups is 1. The molecule has 0 aromatic carbocycles. The lowest BCUT2D eigenvalue weighted by atomic mass is 9.33. The fraction of sp³-hybridized carbons (Fsp3) is 0.925. The van der Waals surface area contributed by atoms with Gasteiger partial charge in [0.25, 0.3) is 0 Å². The number of aliphatic hydroxyl groups excluding tert-OH is 5. The fourth-order valence-corrected chi connectivity index (χ4v) is 13.8. The van der Waals surface area contributed by atoms with Gasteiger partial charge in [0.05, 0.1) is 29.8 Å². The fourth-order valence-electron chi connectivity index (χ4n) is 13.8. The van der Waals surface area contributed by atoms with Gasteiger partial charge in [0, 0.05) is 0 Å². The third-order valence-corrected chi connectivity index (χ3v) is 16.9. The highest BCUT2D eigenvalue weighted by Gasteiger charge is 2.72. The van der Waals surface area contributed by atoms with Crippen molar-refractivity contribution in [3.8, 4) is 0 Å². The van der Waals surface area contributed by atoms with Gasteiger partial charge in [-0.15, -0.1) is 0 Å². The first kappa shape index (κ1) is 39.1. The smallest absolute Gasteiger partial charge is 0.309 e. The highest BCUT2D eigenvalue weighted by Crippen LogP contribution is 2.77. The van der Waals surface area contributed by atoms with Gasteiger partial charge in [0.2, 0.25) is 0 Å². The lowest BCUT2D eigenvalue weighted by Crippen LogP contribution is -2.69. The summed E-state index contributed by atoms with van der Waals surface area (Å²) in [4.78, 5) is 13.0. The molecule has 5 aliphatic carbocycles. The molecule has 52 heavy (non-hydrogen) atoms. The highest BCUT2D eigenvalue weighted by atomic mass is 16.8. The molecule has 2 aliphatic heterocycles. The van der Waals surface area contributed by atoms with Gasteiger partial charge in [-0.1, -0.05) is 32.9 Å². The molecule has 0 aromatic heterocycles. The average molecular weight is 737 g/mol. The normalized spacial score (nSPS) is 57.6. The number of carboxylic acid groups (broad SMARTS) is 1. The minimum Gasteiger partial charge on any atom is -0.481 e. The number of aliphatic hydroxyl groups is 6. The van der Waals surface area contributed by atoms with Crippen molar-refractivity contribution in [1.29, 1.82) is 0 Å². The number of fused-ring (bicyclic) bond motifs is 7. The molecule has 7 N–H and O–H groups in total. The van der Waals surface area contributed by atoms with Gasteiger partial charge in [-0.05, 0) is 131 Å². The summed E-state index contributed by atoms with van der Waals surface area (Å²) in [5.41, 5.74) is -1.14. The Kier molecular flexibility index (Phi) is 9.92. The van der Waals surface area contributed by atoms with E-state index in [2.05, 4.69) is 34.3 Å². The minimum absolute atomic E-state index is 0.0421. The molecule has 2 saturated heterocycles. The molecule has 20 atom stereocenters. The van der Waals surface area contributed by atoms with Crippen molar-refractivity contribution in [3.05, 3.63) is 12.2 Å². The van der Waals surface area contributed by atoms with E-state index < -0.39 is 78.4 Å². The Balaban J connectivity index is 1.12. The lowest BCUT2D eigenvalue weighted by molar-refractivity contribution is -0.368. The van der Waals surface area contributed by atoms with Crippen molar-refractivity contribution >= 4 is 5.97 Å². The van der Waals surface area contributed by atoms with Crippen LogP contribution in [0.15, 0.2) is 12.2 Å². The zero-order valence-corrected chi connectivity index (χ0v) is 31.8. The molecule has 7 rings (SSSR count). The Bertz CT molecular complexity index is 1390. The SMILES string of the molecule is C=C(C)[C@@H]1CC[C@]2(C(=O)O)CC[C@]3(C)[C@H](CC[C@@H]4[C@@]5(C)CC[C@H](O[C@@H]6OC[C@H](O)[C@H](O)[C@H]6O[C@@H]6O[C@@H](C)[C@H](O)[C@@H](O)[C@H]6O)[C@@](C)(O)[C@@H]5CC[C@]43C)[C@@H]12. The summed E-state index contributed by atoms with van der Waals surface area (Å²) in [5, 5.41) is 75.9. The predicted octanol–water partition coefficient (Wildman–Crippen LogP) is 3.13. The molecule has 7 aliphatic rings. The molecule has 12 nitrogen and oxygen atoms in total. The van der Waals surface area contributed by atoms with Crippen LogP contribution in [-0.2, 0) is 23.7 Å². The van der Waals surface area contributed by atoms with E-state index in [1.165, 1.54) is 6.92 Å². The van der Waals surface area contributed by atoms with Crippen LogP contribution in [0.25, 0.3) is 0 Å². The molecule has 0 bridgehead atoms. The summed E-state index contributed by atoms with van der Waals surface area (Å²) < 4.78 is 24.0. The number of hydrogen-bond acceptors (Lipinski definition) is 11. The Morgan fingerprint density at radius 1 is 0.769 bits per heavy atom. The van der Waals surface area contributed by atoms with Crippen molar-refractivity contribution in [1.82, 2.24) is 0 Å². The van der Waals surface area contributed by atoms with Gasteiger partial charge < -0.3 is 54.7 Å². The zero-order chi connectivity index (χ0) is 37.9. The third-order valence-electron chi connectivity index (χ3n) is 16.9. The number of aliphatic carboxylic acids is 1. The zero-order valence-electron chi connectivity index (χ0n) is 31.8. The summed E-state index contributed by atoms with van der Waals surface area (Å²) in [6.07, 6.45) is -4.67. The van der Waals surface area contributed by atoms with Crippen LogP contribution in [0, 0.1) is 51.2 Å². The molecule has 2 heterocycles. The van der Waals surface area contributed by atoms with Gasteiger partial charge >= 0.3 is 5.97 Å². The Morgan fingerprint density at radius 3 is 2.15 bits per heavy atom. The lowest BCUT2D eigenvalue weighted by Gasteiger charge is -2.72. The van der Waals surface area contributed by atoms with Crippen molar-refractivity contribution in [3.63, 3.8) is 0 Å². The number of rotatable bonds is 6. The first-order chi connectivity index (χ1) is 24.2. The van der Waals surface area contributed by atoms with Gasteiger partial charge in [-0.3, -0.25) is 4.79 Å². The molecule has 296 valence electrons. The topological polar surface area (TPSA) is 196 Å². The van der Waals surface area contributed by atoms with Crippen LogP contribution in [0.1, 0.15) is 106 Å². The van der Waals surface area contributed by atoms with Crippen LogP contribution in [-0.4, -0.2) is 115 Å². The van der Waals surface area contributed by atoms with Crippen molar-refractivity contribution in [2.24, 2.45) is 51.2 Å². The maximum absolute atomic E-state index is 13.0. The Hall–Kier alpha value is -1.19. The first-order valence-electron chi connectivity index (χ1n) is 19.8. The second-order valence-corrected chi connectivity index (χ2v) is 19.1. The first-order valence-corrected chi connectivity index (χ1v) is 19.8. The minimum atomic E-state index is -1.63. The van der Waals surface area contributed by atoms with Crippen LogP contribution >= 0.6 is 0 Å². The van der Waals surface area contributed by atoms with Gasteiger partial charge in [-0.2, -0.15) is 0 Å². The van der Waals surface area contributed by atoms with Crippen molar-refractivity contribution in [2.75, 3.05) is 6.61 Å². The van der Waals surface area contributed by atoms with Crippen molar-refractivity contribution in [2.45, 2.75) is 173 Å². The number of carboxylic acids is 1. The Labute approximate surface area is 307 Å². The van der Waals surface area contributed by atoms with E-state index >= 15 is 0 Å². The average Bonchev–Trinajstić information content (AvgIpc) is 3.49. The van der Waals surface area contributed by atoms with E-state index in [1.54, 1.807) is 0 Å². The maximum Gasteiger partial charge on any atom is 0.309 e. The number of hydrogen-bond donors (Lipinski definition) is 7. The summed E-state index contributed by atoms with van der Waals surface area (Å²) in [7, 11) is 0. The van der Waals surface area contributed by atoms with Gasteiger partial charge in [0.1, 0.15) is 36.6 Å². The second-order valence-electron chi connectivity index (χ2n) is 19.1. The van der Waals surface area contributed by atoms with E-state index in [4.69, 9.17) is 18.9 Å². The molecular formula is C40H64O12. The molecule has 12 heteroatoms. The third kappa shape index (κ3) is 5.47. The number of ether oxygens (including phenoxy) is 4. The summed E-state index contributed by atoms with van der Waals surface area (Å²) in [6.45, 7) is 16.8. The van der Waals surface area contributed by atoms with E-state index in [0.29, 0.717) is 24.7 Å². The van der Waals surface area contributed by atoms with Crippen LogP contribution in [0.5, 0.6) is 0 Å². The summed E-state index contributed by atoms with van der Waals surface area (Å²) >= 11 is 0. The van der Waals surface area contributed by atoms with Crippen LogP contribution in [0.4, 0.5) is 0 Å². The largest absolute Gasteiger partial charge is 0.481 e. The molecule has 7 fully saturated rings.